The molecule has 1 heterocycles. The molecule has 2 rings (SSSR count). The van der Waals surface area contributed by atoms with Crippen LogP contribution in [0.15, 0.2) is 29.1 Å². The Balaban J connectivity index is 2.81. The van der Waals surface area contributed by atoms with E-state index in [1.54, 1.807) is 6.07 Å². The van der Waals surface area contributed by atoms with Gasteiger partial charge in [0.25, 0.3) is 0 Å². The van der Waals surface area contributed by atoms with Crippen molar-refractivity contribution in [1.82, 2.24) is 4.98 Å². The maximum absolute atomic E-state index is 11.5. The second kappa shape index (κ2) is 4.10. The summed E-state index contributed by atoms with van der Waals surface area (Å²) in [5, 5.41) is 1.09. The molecule has 0 saturated carbocycles. The first-order valence-corrected chi connectivity index (χ1v) is 5.46. The molecule has 3 N–H and O–H groups in total. The lowest BCUT2D eigenvalue weighted by Crippen LogP contribution is -2.12. The van der Waals surface area contributed by atoms with Gasteiger partial charge in [-0.05, 0) is 30.5 Å². The van der Waals surface area contributed by atoms with Crippen molar-refractivity contribution in [2.45, 2.75) is 19.8 Å². The van der Waals surface area contributed by atoms with Gasteiger partial charge in [-0.15, -0.1) is 0 Å². The third-order valence-corrected chi connectivity index (χ3v) is 3.00. The zero-order valence-corrected chi connectivity index (χ0v) is 9.58. The highest BCUT2D eigenvalue weighted by atomic mass is 16.1. The number of nitrogens with two attached hydrogens (primary N) is 1. The van der Waals surface area contributed by atoms with Gasteiger partial charge in [-0.2, -0.15) is 0 Å². The molecule has 1 atom stereocenters. The summed E-state index contributed by atoms with van der Waals surface area (Å²) in [4.78, 5) is 14.4. The number of rotatable bonds is 2. The van der Waals surface area contributed by atoms with Crippen molar-refractivity contribution in [3.05, 3.63) is 45.7 Å². The molecule has 3 nitrogen and oxygen atoms in total. The minimum atomic E-state index is -0.0540. The molecule has 3 heteroatoms. The van der Waals surface area contributed by atoms with E-state index in [9.17, 15) is 4.79 Å². The quantitative estimate of drug-likeness (QED) is 0.805. The number of hydrogen-bond donors (Lipinski definition) is 2. The van der Waals surface area contributed by atoms with E-state index < -0.39 is 0 Å². The van der Waals surface area contributed by atoms with Gasteiger partial charge >= 0.3 is 0 Å². The maximum Gasteiger partial charge on any atom is 0.248 e. The molecule has 0 saturated heterocycles. The molecule has 0 aliphatic heterocycles. The van der Waals surface area contributed by atoms with Crippen LogP contribution in [0.4, 0.5) is 0 Å². The molecule has 0 radical (unpaired) electrons. The van der Waals surface area contributed by atoms with E-state index in [-0.39, 0.29) is 11.5 Å². The van der Waals surface area contributed by atoms with Gasteiger partial charge in [-0.25, -0.2) is 0 Å². The highest BCUT2D eigenvalue weighted by Gasteiger charge is 2.09. The lowest BCUT2D eigenvalue weighted by atomic mass is 9.97. The van der Waals surface area contributed by atoms with Crippen LogP contribution in [-0.4, -0.2) is 11.5 Å². The van der Waals surface area contributed by atoms with Gasteiger partial charge in [0.2, 0.25) is 5.56 Å². The van der Waals surface area contributed by atoms with Crippen LogP contribution in [0.5, 0.6) is 0 Å². The van der Waals surface area contributed by atoms with Crippen molar-refractivity contribution in [2.75, 3.05) is 6.54 Å². The van der Waals surface area contributed by atoms with Crippen LogP contribution in [0.1, 0.15) is 24.0 Å². The number of H-pyrrole nitrogens is 1. The number of hydrogen-bond acceptors (Lipinski definition) is 2. The molecule has 0 amide bonds. The molecular weight excluding hydrogens is 200 g/mol. The van der Waals surface area contributed by atoms with Crippen molar-refractivity contribution < 1.29 is 0 Å². The van der Waals surface area contributed by atoms with E-state index in [0.29, 0.717) is 6.54 Å². The minimum absolute atomic E-state index is 0.0540. The van der Waals surface area contributed by atoms with Crippen LogP contribution in [-0.2, 0) is 0 Å². The summed E-state index contributed by atoms with van der Waals surface area (Å²) in [6, 6.07) is 7.68. The second-order valence-electron chi connectivity index (χ2n) is 4.22. The van der Waals surface area contributed by atoms with Crippen molar-refractivity contribution in [3.8, 4) is 0 Å². The molecule has 0 bridgehead atoms. The molecule has 1 unspecified atom stereocenters. The molecule has 1 aromatic carbocycles. The van der Waals surface area contributed by atoms with Gasteiger partial charge in [0.15, 0.2) is 0 Å². The van der Waals surface area contributed by atoms with Crippen LogP contribution < -0.4 is 11.3 Å². The fraction of sp³-hybridized carbons (Fsp3) is 0.308. The molecule has 0 spiro atoms. The topological polar surface area (TPSA) is 58.9 Å². The molecule has 2 aromatic rings. The fourth-order valence-electron chi connectivity index (χ4n) is 2.01. The van der Waals surface area contributed by atoms with E-state index in [1.807, 2.05) is 25.1 Å². The van der Waals surface area contributed by atoms with Crippen molar-refractivity contribution >= 4 is 10.9 Å². The van der Waals surface area contributed by atoms with Crippen LogP contribution in [0.25, 0.3) is 10.9 Å². The number of benzene rings is 1. The van der Waals surface area contributed by atoms with Gasteiger partial charge in [0.1, 0.15) is 0 Å². The average molecular weight is 216 g/mol. The van der Waals surface area contributed by atoms with Gasteiger partial charge in [-0.1, -0.05) is 25.1 Å². The number of pyridine rings is 1. The number of aromatic amines is 1. The standard InChI is InChI=1S/C13H16N2O/c1-8-6-12(16)15-13-10(8)4-3-5-11(13)9(2)7-14/h3-6,9H,7,14H2,1-2H3,(H,15,16). The number of para-hydroxylation sites is 1. The molecule has 1 aromatic heterocycles. The van der Waals surface area contributed by atoms with Gasteiger partial charge < -0.3 is 10.7 Å². The first-order chi connectivity index (χ1) is 7.63. The Morgan fingerprint density at radius 1 is 1.44 bits per heavy atom. The molecular formula is C13H16N2O. The minimum Gasteiger partial charge on any atom is -0.330 e. The predicted octanol–water partition coefficient (Wildman–Crippen LogP) is 1.90. The Bertz CT molecular complexity index is 572. The van der Waals surface area contributed by atoms with Gasteiger partial charge in [0.05, 0.1) is 5.52 Å². The zero-order chi connectivity index (χ0) is 11.7. The number of aryl methyl sites for hydroxylation is 1. The summed E-state index contributed by atoms with van der Waals surface area (Å²) in [6.45, 7) is 4.60. The summed E-state index contributed by atoms with van der Waals surface area (Å²) in [5.74, 6) is 0.251. The second-order valence-corrected chi connectivity index (χ2v) is 4.22. The fourth-order valence-corrected chi connectivity index (χ4v) is 2.01. The van der Waals surface area contributed by atoms with Crippen LogP contribution in [0, 0.1) is 6.92 Å². The van der Waals surface area contributed by atoms with Crippen molar-refractivity contribution in [3.63, 3.8) is 0 Å². The summed E-state index contributed by atoms with van der Waals surface area (Å²) in [7, 11) is 0. The number of nitrogens with one attached hydrogen (secondary N) is 1. The summed E-state index contributed by atoms with van der Waals surface area (Å²) in [5.41, 5.74) is 8.66. The zero-order valence-electron chi connectivity index (χ0n) is 9.58. The number of fused-ring (bicyclic) bond motifs is 1. The highest BCUT2D eigenvalue weighted by Crippen LogP contribution is 2.24. The lowest BCUT2D eigenvalue weighted by molar-refractivity contribution is 0.778. The smallest absolute Gasteiger partial charge is 0.248 e. The SMILES string of the molecule is Cc1cc(=O)[nH]c2c(C(C)CN)cccc12. The highest BCUT2D eigenvalue weighted by molar-refractivity contribution is 5.85. The third-order valence-electron chi connectivity index (χ3n) is 3.00. The van der Waals surface area contributed by atoms with Crippen LogP contribution in [0.3, 0.4) is 0 Å². The summed E-state index contributed by atoms with van der Waals surface area (Å²) >= 11 is 0. The Morgan fingerprint density at radius 3 is 2.88 bits per heavy atom. The normalized spacial score (nSPS) is 12.9. The molecule has 0 fully saturated rings. The maximum atomic E-state index is 11.5. The Labute approximate surface area is 94.3 Å². The van der Waals surface area contributed by atoms with Crippen LogP contribution >= 0.6 is 0 Å². The average Bonchev–Trinajstić information content (AvgIpc) is 2.27. The Hall–Kier alpha value is -1.61. The third kappa shape index (κ3) is 1.74. The lowest BCUT2D eigenvalue weighted by Gasteiger charge is -2.12. The first-order valence-electron chi connectivity index (χ1n) is 5.46. The van der Waals surface area contributed by atoms with E-state index in [0.717, 1.165) is 22.0 Å². The van der Waals surface area contributed by atoms with Crippen molar-refractivity contribution in [2.24, 2.45) is 5.73 Å². The van der Waals surface area contributed by atoms with E-state index >= 15 is 0 Å². The Kier molecular flexibility index (Phi) is 2.79. The summed E-state index contributed by atoms with van der Waals surface area (Å²) in [6.07, 6.45) is 0. The van der Waals surface area contributed by atoms with Gasteiger partial charge in [-0.3, -0.25) is 4.79 Å². The molecule has 0 aliphatic rings. The number of aromatic nitrogens is 1. The molecule has 84 valence electrons. The van der Waals surface area contributed by atoms with Gasteiger partial charge in [0, 0.05) is 11.5 Å². The molecule has 0 aliphatic carbocycles. The predicted molar refractivity (Wildman–Crippen MR) is 66.8 cm³/mol. The largest absolute Gasteiger partial charge is 0.330 e. The van der Waals surface area contributed by atoms with Crippen molar-refractivity contribution in [1.29, 1.82) is 0 Å². The van der Waals surface area contributed by atoms with E-state index in [1.165, 1.54) is 0 Å². The van der Waals surface area contributed by atoms with E-state index in [2.05, 4.69) is 11.9 Å². The van der Waals surface area contributed by atoms with E-state index in [4.69, 9.17) is 5.73 Å². The monoisotopic (exact) mass is 216 g/mol. The molecule has 16 heavy (non-hydrogen) atoms. The summed E-state index contributed by atoms with van der Waals surface area (Å²) < 4.78 is 0. The van der Waals surface area contributed by atoms with Crippen LogP contribution in [0.2, 0.25) is 0 Å². The Morgan fingerprint density at radius 2 is 2.19 bits per heavy atom. The first kappa shape index (κ1) is 10.9.